The summed E-state index contributed by atoms with van der Waals surface area (Å²) in [5, 5.41) is 25.4. The van der Waals surface area contributed by atoms with E-state index in [0.29, 0.717) is 35.3 Å². The van der Waals surface area contributed by atoms with Crippen molar-refractivity contribution >= 4 is 29.1 Å². The highest BCUT2D eigenvalue weighted by molar-refractivity contribution is 6.22. The van der Waals surface area contributed by atoms with E-state index >= 15 is 4.39 Å². The van der Waals surface area contributed by atoms with E-state index in [1.165, 1.54) is 13.0 Å². The molecule has 0 aromatic heterocycles. The van der Waals surface area contributed by atoms with Gasteiger partial charge in [0.25, 0.3) is 11.8 Å². The van der Waals surface area contributed by atoms with E-state index in [4.69, 9.17) is 11.5 Å². The van der Waals surface area contributed by atoms with Crippen LogP contribution in [0.4, 0.5) is 4.39 Å². The number of primary amides is 1. The van der Waals surface area contributed by atoms with Gasteiger partial charge in [-0.05, 0) is 69.5 Å². The van der Waals surface area contributed by atoms with Crippen molar-refractivity contribution in [2.75, 3.05) is 27.2 Å². The highest BCUT2D eigenvalue weighted by atomic mass is 19.1. The molecule has 0 radical (unpaired) electrons. The van der Waals surface area contributed by atoms with Crippen LogP contribution in [-0.2, 0) is 20.8 Å². The molecule has 10 nitrogen and oxygen atoms in total. The van der Waals surface area contributed by atoms with Gasteiger partial charge in [-0.3, -0.25) is 19.2 Å². The zero-order valence-electron chi connectivity index (χ0n) is 24.5. The number of aliphatic hydroxyl groups is 2. The first-order valence-electron chi connectivity index (χ1n) is 14.0. The van der Waals surface area contributed by atoms with Crippen molar-refractivity contribution in [3.63, 3.8) is 0 Å². The van der Waals surface area contributed by atoms with Gasteiger partial charge in [0.2, 0.25) is 0 Å². The zero-order valence-corrected chi connectivity index (χ0v) is 24.5. The summed E-state index contributed by atoms with van der Waals surface area (Å²) in [6.07, 6.45) is -0.220. The number of nitrogens with one attached hydrogen (secondary N) is 1. The van der Waals surface area contributed by atoms with E-state index in [1.807, 2.05) is 19.0 Å². The molecule has 226 valence electrons. The first-order chi connectivity index (χ1) is 20.1. The third kappa shape index (κ3) is 4.45. The molecule has 7 N–H and O–H groups in total. The Morgan fingerprint density at radius 3 is 2.49 bits per heavy atom. The monoisotopic (exact) mass is 590 g/mol. The smallest absolute Gasteiger partial charge is 0.255 e. The number of allylic oxidation sites excluding steroid dienone is 1. The molecule has 0 bridgehead atoms. The highest BCUT2D eigenvalue weighted by Gasteiger charge is 2.64. The molecule has 5 rings (SSSR count). The van der Waals surface area contributed by atoms with Crippen LogP contribution in [0.2, 0.25) is 0 Å². The normalized spacial score (nSPS) is 25.0. The number of carbonyl (C=O) groups excluding carboxylic acids is 4. The molecule has 3 aliphatic carbocycles. The maximum absolute atomic E-state index is 16.0. The van der Waals surface area contributed by atoms with E-state index in [2.05, 4.69) is 5.32 Å². The van der Waals surface area contributed by atoms with Crippen molar-refractivity contribution in [2.45, 2.75) is 38.6 Å². The Morgan fingerprint density at radius 1 is 1.14 bits per heavy atom. The first-order valence-corrected chi connectivity index (χ1v) is 14.0. The maximum Gasteiger partial charge on any atom is 0.255 e. The van der Waals surface area contributed by atoms with Crippen LogP contribution >= 0.6 is 0 Å². The number of Topliss-reactive ketones (excluding diaryl/α,β-unsaturated/α-hetero) is 2. The number of fused-ring (bicyclic) bond motifs is 3. The number of nitrogens with zero attached hydrogens (tertiary/aromatic N) is 1. The Hall–Kier alpha value is -4.35. The molecule has 0 spiro atoms. The first kappa shape index (κ1) is 30.1. The molecule has 1 fully saturated rings. The van der Waals surface area contributed by atoms with Crippen LogP contribution in [0.5, 0.6) is 0 Å². The number of hydrogen-bond donors (Lipinski definition) is 5. The number of carbonyl (C=O) groups is 4. The second kappa shape index (κ2) is 10.4. The number of aryl methyl sites for hydroxylation is 1. The Bertz CT molecular complexity index is 1680. The molecule has 43 heavy (non-hydrogen) atoms. The summed E-state index contributed by atoms with van der Waals surface area (Å²) in [7, 11) is 3.72. The number of hydrogen-bond acceptors (Lipinski definition) is 8. The van der Waals surface area contributed by atoms with Gasteiger partial charge in [0.05, 0.1) is 5.56 Å². The maximum atomic E-state index is 16.0. The number of amides is 2. The van der Waals surface area contributed by atoms with Crippen molar-refractivity contribution in [1.82, 2.24) is 10.2 Å². The molecule has 1 saturated carbocycles. The fourth-order valence-electron chi connectivity index (χ4n) is 6.85. The van der Waals surface area contributed by atoms with Gasteiger partial charge in [0.1, 0.15) is 28.3 Å². The Balaban J connectivity index is 1.64. The number of rotatable bonds is 6. The standard InChI is InChI=1S/C32H35FN4O6/c1-15-8-9-17(18-6-5-7-19(25(18)33)30(43)36-10-11-37(3)4)20-12-16-13-32(35)14-21(38)24(29(34)42)28(41)31(32,2)27(40)23(16)26(39)22(15)20/h5-9,16,39,41H,10-14,35H2,1-4H3,(H2,34,42)(H,36,43)/t16-,31+,32+/m0/s1. The summed E-state index contributed by atoms with van der Waals surface area (Å²) in [5.74, 6) is -5.70. The number of nitrogens with two attached hydrogens (primary N) is 2. The minimum atomic E-state index is -1.88. The van der Waals surface area contributed by atoms with Crippen molar-refractivity contribution in [2.24, 2.45) is 22.8 Å². The lowest BCUT2D eigenvalue weighted by atomic mass is 9.50. The Labute approximate surface area is 248 Å². The molecule has 0 saturated heterocycles. The molecular weight excluding hydrogens is 555 g/mol. The molecule has 3 atom stereocenters. The number of halogens is 1. The predicted molar refractivity (Wildman–Crippen MR) is 157 cm³/mol. The summed E-state index contributed by atoms with van der Waals surface area (Å²) in [5.41, 5.74) is 9.99. The summed E-state index contributed by atoms with van der Waals surface area (Å²) < 4.78 is 16.0. The van der Waals surface area contributed by atoms with Crippen molar-refractivity contribution < 1.29 is 33.8 Å². The Morgan fingerprint density at radius 2 is 1.84 bits per heavy atom. The molecule has 3 aliphatic rings. The second-order valence-corrected chi connectivity index (χ2v) is 12.2. The van der Waals surface area contributed by atoms with Gasteiger partial charge < -0.3 is 31.9 Å². The molecule has 0 aliphatic heterocycles. The van der Waals surface area contributed by atoms with Crippen molar-refractivity contribution in [3.05, 3.63) is 75.3 Å². The fraction of sp³-hybridized carbons (Fsp3) is 0.375. The van der Waals surface area contributed by atoms with Crippen LogP contribution in [-0.4, -0.2) is 71.2 Å². The van der Waals surface area contributed by atoms with Gasteiger partial charge in [-0.2, -0.15) is 0 Å². The van der Waals surface area contributed by atoms with Crippen LogP contribution in [0.25, 0.3) is 16.9 Å². The van der Waals surface area contributed by atoms with E-state index in [1.54, 1.807) is 31.2 Å². The van der Waals surface area contributed by atoms with Crippen LogP contribution in [0, 0.1) is 24.1 Å². The lowest BCUT2D eigenvalue weighted by Crippen LogP contribution is -2.67. The molecule has 2 amide bonds. The van der Waals surface area contributed by atoms with Gasteiger partial charge in [0.15, 0.2) is 11.6 Å². The summed E-state index contributed by atoms with van der Waals surface area (Å²) >= 11 is 0. The lowest BCUT2D eigenvalue weighted by Gasteiger charge is -2.53. The predicted octanol–water partition coefficient (Wildman–Crippen LogP) is 2.48. The quantitative estimate of drug-likeness (QED) is 0.319. The highest BCUT2D eigenvalue weighted by Crippen LogP contribution is 2.57. The third-order valence-corrected chi connectivity index (χ3v) is 9.27. The van der Waals surface area contributed by atoms with Gasteiger partial charge >= 0.3 is 0 Å². The molecule has 2 aromatic carbocycles. The second-order valence-electron chi connectivity index (χ2n) is 12.2. The summed E-state index contributed by atoms with van der Waals surface area (Å²) in [6, 6.07) is 7.94. The van der Waals surface area contributed by atoms with E-state index < -0.39 is 63.8 Å². The van der Waals surface area contributed by atoms with Crippen molar-refractivity contribution in [1.29, 1.82) is 0 Å². The fourth-order valence-corrected chi connectivity index (χ4v) is 6.85. The van der Waals surface area contributed by atoms with Crippen LogP contribution < -0.4 is 16.8 Å². The number of likely N-dealkylation sites (N-methyl/N-ethyl adjacent to an activating group) is 1. The van der Waals surface area contributed by atoms with Crippen molar-refractivity contribution in [3.8, 4) is 11.1 Å². The van der Waals surface area contributed by atoms with E-state index in [9.17, 15) is 29.4 Å². The minimum Gasteiger partial charge on any atom is -0.510 e. The summed E-state index contributed by atoms with van der Waals surface area (Å²) in [6.45, 7) is 4.02. The molecule has 2 aromatic rings. The van der Waals surface area contributed by atoms with Crippen LogP contribution in [0.3, 0.4) is 0 Å². The van der Waals surface area contributed by atoms with Gasteiger partial charge in [-0.15, -0.1) is 0 Å². The average molecular weight is 591 g/mol. The minimum absolute atomic E-state index is 0.0140. The van der Waals surface area contributed by atoms with Crippen LogP contribution in [0.15, 0.2) is 47.2 Å². The van der Waals surface area contributed by atoms with Gasteiger partial charge in [-0.25, -0.2) is 4.39 Å². The average Bonchev–Trinajstić information content (AvgIpc) is 2.91. The number of ketones is 2. The van der Waals surface area contributed by atoms with E-state index in [0.717, 1.165) is 0 Å². The lowest BCUT2D eigenvalue weighted by molar-refractivity contribution is -0.135. The molecule has 0 heterocycles. The topological polar surface area (TPSA) is 176 Å². The number of aliphatic hydroxyl groups excluding tert-OH is 2. The molecular formula is C32H35FN4O6. The van der Waals surface area contributed by atoms with Gasteiger partial charge in [-0.1, -0.05) is 24.3 Å². The summed E-state index contributed by atoms with van der Waals surface area (Å²) in [4.78, 5) is 53.7. The SMILES string of the molecule is Cc1ccc(-c2cccc(C(=O)NCCN(C)C)c2F)c2c1C(O)=C1C(=O)[C@]3(C)C(O)=C(C(N)=O)C(=O)C[C@]3(N)C[C@@H]1C2. The zero-order chi connectivity index (χ0) is 31.6. The van der Waals surface area contributed by atoms with Gasteiger partial charge in [0, 0.05) is 41.7 Å². The Kier molecular flexibility index (Phi) is 7.30. The molecule has 0 unspecified atom stereocenters. The number of benzene rings is 2. The van der Waals surface area contributed by atoms with Crippen LogP contribution in [0.1, 0.15) is 46.8 Å². The third-order valence-electron chi connectivity index (χ3n) is 9.27. The molecule has 11 heteroatoms. The van der Waals surface area contributed by atoms with E-state index in [-0.39, 0.29) is 35.3 Å². The largest absolute Gasteiger partial charge is 0.510 e.